The van der Waals surface area contributed by atoms with Gasteiger partial charge in [-0.1, -0.05) is 0 Å². The van der Waals surface area contributed by atoms with Gasteiger partial charge in [-0.25, -0.2) is 9.67 Å². The Balaban J connectivity index is 1.86. The maximum atomic E-state index is 6.20. The van der Waals surface area contributed by atoms with Crippen LogP contribution in [0.4, 0.5) is 0 Å². The minimum atomic E-state index is 0.106. The fourth-order valence-corrected chi connectivity index (χ4v) is 2.50. The van der Waals surface area contributed by atoms with E-state index in [1.807, 2.05) is 4.68 Å². The summed E-state index contributed by atoms with van der Waals surface area (Å²) in [5.41, 5.74) is 6.20. The molecule has 2 unspecified atom stereocenters. The normalized spacial score (nSPS) is 22.3. The second kappa shape index (κ2) is 6.29. The van der Waals surface area contributed by atoms with E-state index in [1.54, 1.807) is 6.33 Å². The monoisotopic (exact) mass is 252 g/mol. The molecule has 0 saturated carbocycles. The standard InChI is InChI=1S/C13H24N4O/c1-10(2)17-13(15-9-16-17)8-11(14)7-12-5-3-4-6-18-12/h9-12H,3-8,14H2,1-2H3. The molecule has 0 aromatic carbocycles. The fourth-order valence-electron chi connectivity index (χ4n) is 2.50. The lowest BCUT2D eigenvalue weighted by Crippen LogP contribution is -2.32. The summed E-state index contributed by atoms with van der Waals surface area (Å²) < 4.78 is 7.67. The minimum Gasteiger partial charge on any atom is -0.378 e. The lowest BCUT2D eigenvalue weighted by atomic mass is 10.0. The van der Waals surface area contributed by atoms with Crippen LogP contribution in [0.25, 0.3) is 0 Å². The molecule has 1 aromatic rings. The summed E-state index contributed by atoms with van der Waals surface area (Å²) in [6, 6.07) is 0.440. The first-order chi connectivity index (χ1) is 8.66. The van der Waals surface area contributed by atoms with Gasteiger partial charge in [0, 0.05) is 25.1 Å². The fraction of sp³-hybridized carbons (Fsp3) is 0.846. The molecular formula is C13H24N4O. The molecule has 0 bridgehead atoms. The van der Waals surface area contributed by atoms with Crippen LogP contribution < -0.4 is 5.73 Å². The highest BCUT2D eigenvalue weighted by Gasteiger charge is 2.19. The Morgan fingerprint density at radius 2 is 2.33 bits per heavy atom. The SMILES string of the molecule is CC(C)n1ncnc1CC(N)CC1CCCCO1. The summed E-state index contributed by atoms with van der Waals surface area (Å²) in [4.78, 5) is 4.30. The molecule has 2 heterocycles. The molecule has 1 aliphatic rings. The molecule has 18 heavy (non-hydrogen) atoms. The van der Waals surface area contributed by atoms with Crippen LogP contribution in [-0.2, 0) is 11.2 Å². The van der Waals surface area contributed by atoms with Crippen LogP contribution in [0.15, 0.2) is 6.33 Å². The highest BCUT2D eigenvalue weighted by Crippen LogP contribution is 2.18. The third-order valence-corrected chi connectivity index (χ3v) is 3.42. The summed E-state index contributed by atoms with van der Waals surface area (Å²) in [5.74, 6) is 0.980. The number of hydrogen-bond donors (Lipinski definition) is 1. The first-order valence-electron chi connectivity index (χ1n) is 6.92. The van der Waals surface area contributed by atoms with Gasteiger partial charge in [0.25, 0.3) is 0 Å². The van der Waals surface area contributed by atoms with E-state index in [0.29, 0.717) is 12.1 Å². The first-order valence-corrected chi connectivity index (χ1v) is 6.92. The van der Waals surface area contributed by atoms with E-state index in [-0.39, 0.29) is 6.04 Å². The van der Waals surface area contributed by atoms with Crippen LogP contribution in [0.5, 0.6) is 0 Å². The molecule has 102 valence electrons. The Morgan fingerprint density at radius 3 is 3.00 bits per heavy atom. The predicted octanol–water partition coefficient (Wildman–Crippen LogP) is 1.69. The largest absolute Gasteiger partial charge is 0.378 e. The number of rotatable bonds is 5. The zero-order chi connectivity index (χ0) is 13.0. The third-order valence-electron chi connectivity index (χ3n) is 3.42. The predicted molar refractivity (Wildman–Crippen MR) is 70.3 cm³/mol. The van der Waals surface area contributed by atoms with Gasteiger partial charge in [-0.05, 0) is 39.5 Å². The minimum absolute atomic E-state index is 0.106. The molecular weight excluding hydrogens is 228 g/mol. The van der Waals surface area contributed by atoms with Crippen LogP contribution in [-0.4, -0.2) is 33.5 Å². The van der Waals surface area contributed by atoms with Crippen molar-refractivity contribution < 1.29 is 4.74 Å². The molecule has 2 N–H and O–H groups in total. The number of nitrogens with two attached hydrogens (primary N) is 1. The molecule has 5 heteroatoms. The van der Waals surface area contributed by atoms with Gasteiger partial charge < -0.3 is 10.5 Å². The zero-order valence-electron chi connectivity index (χ0n) is 11.4. The van der Waals surface area contributed by atoms with Gasteiger partial charge in [-0.15, -0.1) is 0 Å². The van der Waals surface area contributed by atoms with Crippen molar-refractivity contribution in [3.8, 4) is 0 Å². The van der Waals surface area contributed by atoms with Gasteiger partial charge in [0.1, 0.15) is 12.2 Å². The molecule has 0 amide bonds. The van der Waals surface area contributed by atoms with Gasteiger partial charge in [-0.3, -0.25) is 0 Å². The Labute approximate surface area is 109 Å². The molecule has 1 aliphatic heterocycles. The molecule has 0 radical (unpaired) electrons. The van der Waals surface area contributed by atoms with E-state index in [0.717, 1.165) is 31.7 Å². The van der Waals surface area contributed by atoms with E-state index in [9.17, 15) is 0 Å². The summed E-state index contributed by atoms with van der Waals surface area (Å²) in [6.07, 6.45) is 7.24. The molecule has 5 nitrogen and oxygen atoms in total. The quantitative estimate of drug-likeness (QED) is 0.866. The van der Waals surface area contributed by atoms with Crippen molar-refractivity contribution in [2.75, 3.05) is 6.61 Å². The van der Waals surface area contributed by atoms with Crippen LogP contribution in [0.3, 0.4) is 0 Å². The van der Waals surface area contributed by atoms with Crippen LogP contribution in [0.1, 0.15) is 51.4 Å². The summed E-state index contributed by atoms with van der Waals surface area (Å²) in [7, 11) is 0. The second-order valence-corrected chi connectivity index (χ2v) is 5.40. The molecule has 1 fully saturated rings. The van der Waals surface area contributed by atoms with Crippen molar-refractivity contribution in [3.63, 3.8) is 0 Å². The maximum absolute atomic E-state index is 6.20. The molecule has 0 spiro atoms. The Morgan fingerprint density at radius 1 is 1.50 bits per heavy atom. The molecule has 1 saturated heterocycles. The lowest BCUT2D eigenvalue weighted by Gasteiger charge is -2.25. The smallest absolute Gasteiger partial charge is 0.138 e. The highest BCUT2D eigenvalue weighted by molar-refractivity contribution is 4.91. The van der Waals surface area contributed by atoms with Gasteiger partial charge in [0.2, 0.25) is 0 Å². The number of aromatic nitrogens is 3. The molecule has 2 atom stereocenters. The van der Waals surface area contributed by atoms with Crippen molar-refractivity contribution >= 4 is 0 Å². The van der Waals surface area contributed by atoms with Crippen molar-refractivity contribution in [2.45, 2.75) is 64.1 Å². The van der Waals surface area contributed by atoms with Gasteiger partial charge >= 0.3 is 0 Å². The van der Waals surface area contributed by atoms with Crippen molar-refractivity contribution in [1.29, 1.82) is 0 Å². The summed E-state index contributed by atoms with van der Waals surface area (Å²) in [6.45, 7) is 5.10. The van der Waals surface area contributed by atoms with Crippen molar-refractivity contribution in [2.24, 2.45) is 5.73 Å². The molecule has 1 aromatic heterocycles. The average Bonchev–Trinajstić information content (AvgIpc) is 2.78. The number of hydrogen-bond acceptors (Lipinski definition) is 4. The van der Waals surface area contributed by atoms with E-state index < -0.39 is 0 Å². The van der Waals surface area contributed by atoms with Gasteiger partial charge in [0.05, 0.1) is 6.10 Å². The summed E-state index contributed by atoms with van der Waals surface area (Å²) in [5, 5.41) is 4.23. The molecule has 2 rings (SSSR count). The Hall–Kier alpha value is -0.940. The van der Waals surface area contributed by atoms with E-state index >= 15 is 0 Å². The van der Waals surface area contributed by atoms with E-state index in [4.69, 9.17) is 10.5 Å². The van der Waals surface area contributed by atoms with Crippen molar-refractivity contribution in [1.82, 2.24) is 14.8 Å². The Bertz CT molecular complexity index is 358. The van der Waals surface area contributed by atoms with Gasteiger partial charge in [-0.2, -0.15) is 5.10 Å². The third kappa shape index (κ3) is 3.53. The zero-order valence-corrected chi connectivity index (χ0v) is 11.4. The van der Waals surface area contributed by atoms with E-state index in [1.165, 1.54) is 12.8 Å². The number of nitrogens with zero attached hydrogens (tertiary/aromatic N) is 3. The topological polar surface area (TPSA) is 66.0 Å². The highest BCUT2D eigenvalue weighted by atomic mass is 16.5. The maximum Gasteiger partial charge on any atom is 0.138 e. The lowest BCUT2D eigenvalue weighted by molar-refractivity contribution is 0.00732. The van der Waals surface area contributed by atoms with Crippen molar-refractivity contribution in [3.05, 3.63) is 12.2 Å². The van der Waals surface area contributed by atoms with Crippen LogP contribution >= 0.6 is 0 Å². The van der Waals surface area contributed by atoms with Crippen LogP contribution in [0, 0.1) is 0 Å². The van der Waals surface area contributed by atoms with E-state index in [2.05, 4.69) is 23.9 Å². The second-order valence-electron chi connectivity index (χ2n) is 5.40. The van der Waals surface area contributed by atoms with Crippen LogP contribution in [0.2, 0.25) is 0 Å². The van der Waals surface area contributed by atoms with Gasteiger partial charge in [0.15, 0.2) is 0 Å². The number of ether oxygens (including phenoxy) is 1. The first kappa shape index (κ1) is 13.5. The molecule has 0 aliphatic carbocycles. The average molecular weight is 252 g/mol. The summed E-state index contributed by atoms with van der Waals surface area (Å²) >= 11 is 0. The Kier molecular flexibility index (Phi) is 4.72.